The maximum atomic E-state index is 9.47. The zero-order chi connectivity index (χ0) is 4.99. The molecule has 0 aromatic carbocycles. The zero-order valence-electron chi connectivity index (χ0n) is 3.30. The van der Waals surface area contributed by atoms with Gasteiger partial charge in [-0.3, -0.25) is 4.89 Å². The highest BCUT2D eigenvalue weighted by atomic mass is 17.2. The number of primary amides is 1. The Balaban J connectivity index is 2.83. The topological polar surface area (TPSA) is 61.6 Å². The minimum Gasteiger partial charge on any atom is -0.333 e. The van der Waals surface area contributed by atoms with Crippen LogP contribution in [0.3, 0.4) is 0 Å². The van der Waals surface area contributed by atoms with Gasteiger partial charge in [0.05, 0.1) is 7.11 Å². The Morgan fingerprint density at radius 3 is 2.33 bits per heavy atom. The summed E-state index contributed by atoms with van der Waals surface area (Å²) in [5.41, 5.74) is 4.42. The first-order valence-electron chi connectivity index (χ1n) is 1.27. The second kappa shape index (κ2) is 2.47. The number of hydrogen-bond donors (Lipinski definition) is 1. The van der Waals surface area contributed by atoms with Crippen LogP contribution in [0.2, 0.25) is 0 Å². The molecule has 0 saturated carbocycles. The predicted molar refractivity (Wildman–Crippen MR) is 17.7 cm³/mol. The first-order chi connectivity index (χ1) is 2.77. The fraction of sp³-hybridized carbons (Fsp3) is 0.500. The number of rotatable bonds is 1. The number of amides is 1. The lowest BCUT2D eigenvalue weighted by Crippen LogP contribution is -2.11. The van der Waals surface area contributed by atoms with Gasteiger partial charge in [-0.15, -0.1) is 0 Å². The minimum absolute atomic E-state index is 0.933. The van der Waals surface area contributed by atoms with Gasteiger partial charge in [0.1, 0.15) is 0 Å². The number of carbonyl (C=O) groups excluding carboxylic acids is 1. The molecule has 0 aromatic heterocycles. The van der Waals surface area contributed by atoms with Crippen LogP contribution in [-0.2, 0) is 9.78 Å². The van der Waals surface area contributed by atoms with Gasteiger partial charge >= 0.3 is 6.09 Å². The predicted octanol–water partition coefficient (Wildman–Crippen LogP) is -0.357. The second-order valence-electron chi connectivity index (χ2n) is 0.569. The van der Waals surface area contributed by atoms with Crippen LogP contribution in [0, 0.1) is 0 Å². The summed E-state index contributed by atoms with van der Waals surface area (Å²) in [5.74, 6) is 0. The summed E-state index contributed by atoms with van der Waals surface area (Å²) in [7, 11) is 1.20. The van der Waals surface area contributed by atoms with Crippen molar-refractivity contribution in [3.05, 3.63) is 0 Å². The molecule has 0 fully saturated rings. The molecule has 2 N–H and O–H groups in total. The van der Waals surface area contributed by atoms with Gasteiger partial charge in [0.25, 0.3) is 0 Å². The molecule has 0 aliphatic rings. The van der Waals surface area contributed by atoms with E-state index in [2.05, 4.69) is 15.5 Å². The van der Waals surface area contributed by atoms with Crippen molar-refractivity contribution >= 4 is 6.09 Å². The van der Waals surface area contributed by atoms with E-state index in [1.165, 1.54) is 7.11 Å². The van der Waals surface area contributed by atoms with Crippen molar-refractivity contribution < 1.29 is 14.6 Å². The second-order valence-corrected chi connectivity index (χ2v) is 0.569. The fourth-order valence-electron chi connectivity index (χ4n) is 0.0821. The summed E-state index contributed by atoms with van der Waals surface area (Å²) in [6.07, 6.45) is -0.933. The molecular weight excluding hydrogens is 86.0 g/mol. The van der Waals surface area contributed by atoms with Gasteiger partial charge in [-0.25, -0.2) is 4.79 Å². The van der Waals surface area contributed by atoms with Crippen LogP contribution >= 0.6 is 0 Å². The monoisotopic (exact) mass is 91.0 g/mol. The average molecular weight is 91.1 g/mol. The molecule has 6 heavy (non-hydrogen) atoms. The summed E-state index contributed by atoms with van der Waals surface area (Å²) in [4.78, 5) is 17.0. The lowest BCUT2D eigenvalue weighted by molar-refractivity contribution is -0.210. The zero-order valence-corrected chi connectivity index (χ0v) is 3.30. The first kappa shape index (κ1) is 5.23. The van der Waals surface area contributed by atoms with E-state index in [9.17, 15) is 4.79 Å². The third-order valence-corrected chi connectivity index (χ3v) is 0.165. The standard InChI is InChI=1S/C2H5NO3/c1-5-6-2(3)4/h1H3,(H2,3,4). The molecule has 4 heteroatoms. The molecule has 0 unspecified atom stereocenters. The number of hydrogen-bond acceptors (Lipinski definition) is 3. The quantitative estimate of drug-likeness (QED) is 0.354. The third-order valence-electron chi connectivity index (χ3n) is 0.165. The van der Waals surface area contributed by atoms with Crippen LogP contribution in [0.15, 0.2) is 0 Å². The van der Waals surface area contributed by atoms with Crippen LogP contribution in [0.5, 0.6) is 0 Å². The van der Waals surface area contributed by atoms with Crippen LogP contribution in [0.4, 0.5) is 4.79 Å². The smallest absolute Gasteiger partial charge is 0.333 e. The molecule has 0 radical (unpaired) electrons. The molecule has 0 aromatic rings. The summed E-state index contributed by atoms with van der Waals surface area (Å²) in [6.45, 7) is 0. The Bertz CT molecular complexity index is 52.8. The Morgan fingerprint density at radius 2 is 2.33 bits per heavy atom. The van der Waals surface area contributed by atoms with Crippen LogP contribution in [-0.4, -0.2) is 13.2 Å². The minimum atomic E-state index is -0.933. The third kappa shape index (κ3) is 3.23. The van der Waals surface area contributed by atoms with E-state index in [-0.39, 0.29) is 0 Å². The highest BCUT2D eigenvalue weighted by Crippen LogP contribution is 1.66. The van der Waals surface area contributed by atoms with E-state index in [1.54, 1.807) is 0 Å². The maximum Gasteiger partial charge on any atom is 0.436 e. The van der Waals surface area contributed by atoms with E-state index in [0.29, 0.717) is 0 Å². The lowest BCUT2D eigenvalue weighted by atomic mass is 11.3. The highest BCUT2D eigenvalue weighted by Gasteiger charge is 1.84. The molecule has 0 spiro atoms. The average Bonchev–Trinajstić information content (AvgIpc) is 1.35. The Labute approximate surface area is 34.8 Å². The molecular formula is C2H5NO3. The van der Waals surface area contributed by atoms with E-state index in [1.807, 2.05) is 0 Å². The maximum absolute atomic E-state index is 9.47. The van der Waals surface area contributed by atoms with Crippen molar-refractivity contribution in [1.29, 1.82) is 0 Å². The molecule has 1 amide bonds. The van der Waals surface area contributed by atoms with Gasteiger partial charge in [0.2, 0.25) is 0 Å². The summed E-state index contributed by atoms with van der Waals surface area (Å²) in [5, 5.41) is 0. The van der Waals surface area contributed by atoms with Gasteiger partial charge in [-0.2, -0.15) is 4.89 Å². The van der Waals surface area contributed by atoms with Gasteiger partial charge in [0, 0.05) is 0 Å². The number of carbonyl (C=O) groups is 1. The van der Waals surface area contributed by atoms with E-state index in [4.69, 9.17) is 0 Å². The van der Waals surface area contributed by atoms with Gasteiger partial charge in [0.15, 0.2) is 0 Å². The molecule has 0 saturated heterocycles. The van der Waals surface area contributed by atoms with E-state index >= 15 is 0 Å². The van der Waals surface area contributed by atoms with Gasteiger partial charge in [-0.1, -0.05) is 0 Å². The molecule has 0 atom stereocenters. The molecule has 0 bridgehead atoms. The molecule has 0 aliphatic carbocycles. The summed E-state index contributed by atoms with van der Waals surface area (Å²) < 4.78 is 0. The molecule has 0 aliphatic heterocycles. The Hall–Kier alpha value is -0.770. The lowest BCUT2D eigenvalue weighted by Gasteiger charge is -1.87. The van der Waals surface area contributed by atoms with Crippen molar-refractivity contribution in [3.8, 4) is 0 Å². The van der Waals surface area contributed by atoms with Crippen LogP contribution in [0.1, 0.15) is 0 Å². The molecule has 36 valence electrons. The first-order valence-corrected chi connectivity index (χ1v) is 1.27. The summed E-state index contributed by atoms with van der Waals surface area (Å²) >= 11 is 0. The van der Waals surface area contributed by atoms with Crippen LogP contribution in [0.25, 0.3) is 0 Å². The SMILES string of the molecule is COOC(N)=O. The molecule has 0 rings (SSSR count). The molecule has 0 heterocycles. The van der Waals surface area contributed by atoms with E-state index in [0.717, 1.165) is 0 Å². The largest absolute Gasteiger partial charge is 0.436 e. The fourth-order valence-corrected chi connectivity index (χ4v) is 0.0821. The van der Waals surface area contributed by atoms with Crippen LogP contribution < -0.4 is 5.73 Å². The van der Waals surface area contributed by atoms with Crippen molar-refractivity contribution in [3.63, 3.8) is 0 Å². The Kier molecular flexibility index (Phi) is 2.15. The number of nitrogens with two attached hydrogens (primary N) is 1. The van der Waals surface area contributed by atoms with Gasteiger partial charge < -0.3 is 5.73 Å². The van der Waals surface area contributed by atoms with Gasteiger partial charge in [-0.05, 0) is 0 Å². The van der Waals surface area contributed by atoms with Crippen molar-refractivity contribution in [2.75, 3.05) is 7.11 Å². The van der Waals surface area contributed by atoms with Crippen molar-refractivity contribution in [2.45, 2.75) is 0 Å². The van der Waals surface area contributed by atoms with Crippen molar-refractivity contribution in [1.82, 2.24) is 0 Å². The van der Waals surface area contributed by atoms with Crippen molar-refractivity contribution in [2.24, 2.45) is 5.73 Å². The molecule has 4 nitrogen and oxygen atoms in total. The summed E-state index contributed by atoms with van der Waals surface area (Å²) in [6, 6.07) is 0. The highest BCUT2D eigenvalue weighted by molar-refractivity contribution is 5.63. The van der Waals surface area contributed by atoms with E-state index < -0.39 is 6.09 Å². The normalized spacial score (nSPS) is 7.50. The Morgan fingerprint density at radius 1 is 1.83 bits per heavy atom.